The lowest BCUT2D eigenvalue weighted by atomic mass is 10.1. The molecule has 0 amide bonds. The van der Waals surface area contributed by atoms with Gasteiger partial charge in [-0.05, 0) is 37.1 Å². The van der Waals surface area contributed by atoms with Crippen molar-refractivity contribution in [3.63, 3.8) is 0 Å². The zero-order valence-electron chi connectivity index (χ0n) is 14.6. The Kier molecular flexibility index (Phi) is 5.01. The third-order valence-electron chi connectivity index (χ3n) is 4.95. The molecule has 0 aliphatic carbocycles. The van der Waals surface area contributed by atoms with E-state index in [1.807, 2.05) is 24.3 Å². The Morgan fingerprint density at radius 2 is 2.04 bits per heavy atom. The summed E-state index contributed by atoms with van der Waals surface area (Å²) in [6.07, 6.45) is 4.49. The molecule has 2 aliphatic heterocycles. The van der Waals surface area contributed by atoms with E-state index in [0.29, 0.717) is 12.6 Å². The van der Waals surface area contributed by atoms with Crippen molar-refractivity contribution in [2.75, 3.05) is 26.9 Å². The Morgan fingerprint density at radius 1 is 1.24 bits per heavy atom. The van der Waals surface area contributed by atoms with Gasteiger partial charge >= 0.3 is 0 Å². The number of imidazole rings is 1. The molecule has 3 heterocycles. The highest BCUT2D eigenvalue weighted by Crippen LogP contribution is 2.24. The van der Waals surface area contributed by atoms with Crippen LogP contribution in [0.1, 0.15) is 18.7 Å². The number of ether oxygens (including phenoxy) is 3. The summed E-state index contributed by atoms with van der Waals surface area (Å²) in [5.74, 6) is 1.85. The summed E-state index contributed by atoms with van der Waals surface area (Å²) in [6.45, 7) is 4.01. The number of benzene rings is 1. The summed E-state index contributed by atoms with van der Waals surface area (Å²) in [5, 5.41) is 3.62. The molecule has 2 aromatic rings. The van der Waals surface area contributed by atoms with Gasteiger partial charge in [-0.25, -0.2) is 4.98 Å². The number of hydrogen-bond acceptors (Lipinski definition) is 5. The smallest absolute Gasteiger partial charge is 0.135 e. The van der Waals surface area contributed by atoms with Gasteiger partial charge in [0.2, 0.25) is 0 Å². The number of nitrogens with one attached hydrogen (secondary N) is 1. The van der Waals surface area contributed by atoms with Gasteiger partial charge in [0, 0.05) is 37.6 Å². The van der Waals surface area contributed by atoms with Gasteiger partial charge in [0.15, 0.2) is 0 Å². The van der Waals surface area contributed by atoms with E-state index in [-0.39, 0.29) is 6.10 Å². The minimum absolute atomic E-state index is 0.188. The van der Waals surface area contributed by atoms with E-state index in [1.54, 1.807) is 7.11 Å². The number of hydrogen-bond donors (Lipinski definition) is 1. The fourth-order valence-electron chi connectivity index (χ4n) is 3.42. The van der Waals surface area contributed by atoms with Gasteiger partial charge in [0.1, 0.15) is 18.2 Å². The van der Waals surface area contributed by atoms with Crippen LogP contribution in [0, 0.1) is 0 Å². The topological polar surface area (TPSA) is 57.5 Å². The number of aromatic nitrogens is 2. The highest BCUT2D eigenvalue weighted by atomic mass is 16.5. The van der Waals surface area contributed by atoms with E-state index in [4.69, 9.17) is 19.2 Å². The third-order valence-corrected chi connectivity index (χ3v) is 4.95. The van der Waals surface area contributed by atoms with Crippen LogP contribution in [0.2, 0.25) is 0 Å². The Labute approximate surface area is 148 Å². The van der Waals surface area contributed by atoms with Crippen LogP contribution in [0.4, 0.5) is 0 Å². The Balaban J connectivity index is 1.38. The molecule has 4 rings (SSSR count). The van der Waals surface area contributed by atoms with Crippen LogP contribution in [0.3, 0.4) is 0 Å². The molecule has 0 bridgehead atoms. The second-order valence-electron chi connectivity index (χ2n) is 6.65. The SMILES string of the molecule is COc1ccc(-c2cn3c(n2)CO[C@@H](CNC2CCOCC2)C3)cc1. The molecule has 25 heavy (non-hydrogen) atoms. The zero-order valence-corrected chi connectivity index (χ0v) is 14.6. The van der Waals surface area contributed by atoms with Gasteiger partial charge < -0.3 is 24.1 Å². The summed E-state index contributed by atoms with van der Waals surface area (Å²) < 4.78 is 18.8. The highest BCUT2D eigenvalue weighted by Gasteiger charge is 2.22. The minimum Gasteiger partial charge on any atom is -0.497 e. The Morgan fingerprint density at radius 3 is 2.80 bits per heavy atom. The first-order valence-electron chi connectivity index (χ1n) is 8.95. The van der Waals surface area contributed by atoms with E-state index in [9.17, 15) is 0 Å². The molecule has 6 heteroatoms. The molecule has 0 unspecified atom stereocenters. The molecule has 0 spiro atoms. The van der Waals surface area contributed by atoms with Crippen molar-refractivity contribution in [3.05, 3.63) is 36.3 Å². The molecule has 0 radical (unpaired) electrons. The summed E-state index contributed by atoms with van der Waals surface area (Å²) in [4.78, 5) is 4.72. The van der Waals surface area contributed by atoms with E-state index in [1.165, 1.54) is 0 Å². The van der Waals surface area contributed by atoms with Gasteiger partial charge in [-0.3, -0.25) is 0 Å². The van der Waals surface area contributed by atoms with Crippen molar-refractivity contribution < 1.29 is 14.2 Å². The maximum atomic E-state index is 5.98. The van der Waals surface area contributed by atoms with Crippen molar-refractivity contribution >= 4 is 0 Å². The first kappa shape index (κ1) is 16.6. The molecule has 1 aromatic heterocycles. The van der Waals surface area contributed by atoms with E-state index in [2.05, 4.69) is 16.1 Å². The summed E-state index contributed by atoms with van der Waals surface area (Å²) in [5.41, 5.74) is 2.08. The van der Waals surface area contributed by atoms with E-state index >= 15 is 0 Å². The summed E-state index contributed by atoms with van der Waals surface area (Å²) in [7, 11) is 1.68. The van der Waals surface area contributed by atoms with Gasteiger partial charge in [0.25, 0.3) is 0 Å². The van der Waals surface area contributed by atoms with Crippen LogP contribution in [-0.4, -0.2) is 48.6 Å². The maximum Gasteiger partial charge on any atom is 0.135 e. The molecule has 1 atom stereocenters. The number of methoxy groups -OCH3 is 1. The van der Waals surface area contributed by atoms with Gasteiger partial charge in [0.05, 0.1) is 25.5 Å². The zero-order chi connectivity index (χ0) is 17.1. The van der Waals surface area contributed by atoms with Gasteiger partial charge in [-0.2, -0.15) is 0 Å². The first-order chi connectivity index (χ1) is 12.3. The lowest BCUT2D eigenvalue weighted by molar-refractivity contribution is -0.00218. The lowest BCUT2D eigenvalue weighted by Crippen LogP contribution is -2.42. The lowest BCUT2D eigenvalue weighted by Gasteiger charge is -2.28. The second-order valence-corrected chi connectivity index (χ2v) is 6.65. The normalized spacial score (nSPS) is 21.1. The molecule has 1 saturated heterocycles. The molecular formula is C19H25N3O3. The second kappa shape index (κ2) is 7.56. The first-order valence-corrected chi connectivity index (χ1v) is 8.95. The standard InChI is InChI=1S/C19H25N3O3/c1-23-16-4-2-14(3-5-16)18-12-22-11-17(25-13-19(22)21-18)10-20-15-6-8-24-9-7-15/h2-5,12,15,17,20H,6-11,13H2,1H3/t17-/m0/s1. The van der Waals surface area contributed by atoms with Crippen LogP contribution in [0.15, 0.2) is 30.5 Å². The average Bonchev–Trinajstić information content (AvgIpc) is 3.10. The van der Waals surface area contributed by atoms with Gasteiger partial charge in [-0.15, -0.1) is 0 Å². The Hall–Kier alpha value is -1.89. The minimum atomic E-state index is 0.188. The monoisotopic (exact) mass is 343 g/mol. The number of nitrogens with zero attached hydrogens (tertiary/aromatic N) is 2. The highest BCUT2D eigenvalue weighted by molar-refractivity contribution is 5.59. The molecule has 1 N–H and O–H groups in total. The Bertz CT molecular complexity index is 692. The average molecular weight is 343 g/mol. The summed E-state index contributed by atoms with van der Waals surface area (Å²) >= 11 is 0. The largest absolute Gasteiger partial charge is 0.497 e. The van der Waals surface area contributed by atoms with Crippen LogP contribution >= 0.6 is 0 Å². The molecular weight excluding hydrogens is 318 g/mol. The van der Waals surface area contributed by atoms with Crippen LogP contribution < -0.4 is 10.1 Å². The molecule has 2 aliphatic rings. The molecule has 1 fully saturated rings. The fraction of sp³-hybridized carbons (Fsp3) is 0.526. The quantitative estimate of drug-likeness (QED) is 0.902. The molecule has 134 valence electrons. The third kappa shape index (κ3) is 3.86. The summed E-state index contributed by atoms with van der Waals surface area (Å²) in [6, 6.07) is 8.56. The van der Waals surface area contributed by atoms with Crippen LogP contribution in [0.5, 0.6) is 5.75 Å². The van der Waals surface area contributed by atoms with Crippen molar-refractivity contribution in [2.24, 2.45) is 0 Å². The van der Waals surface area contributed by atoms with Crippen molar-refractivity contribution in [1.82, 2.24) is 14.9 Å². The fourth-order valence-corrected chi connectivity index (χ4v) is 3.42. The van der Waals surface area contributed by atoms with Gasteiger partial charge in [-0.1, -0.05) is 0 Å². The molecule has 1 aromatic carbocycles. The predicted molar refractivity (Wildman–Crippen MR) is 94.6 cm³/mol. The van der Waals surface area contributed by atoms with Crippen LogP contribution in [0.25, 0.3) is 11.3 Å². The van der Waals surface area contributed by atoms with Crippen molar-refractivity contribution in [2.45, 2.75) is 38.1 Å². The molecule has 6 nitrogen and oxygen atoms in total. The van der Waals surface area contributed by atoms with Crippen molar-refractivity contribution in [3.8, 4) is 17.0 Å². The predicted octanol–water partition coefficient (Wildman–Crippen LogP) is 2.23. The number of fused-ring (bicyclic) bond motifs is 1. The van der Waals surface area contributed by atoms with E-state index in [0.717, 1.165) is 62.0 Å². The molecule has 0 saturated carbocycles. The van der Waals surface area contributed by atoms with E-state index < -0.39 is 0 Å². The van der Waals surface area contributed by atoms with Crippen LogP contribution in [-0.2, 0) is 22.6 Å². The number of rotatable bonds is 5. The van der Waals surface area contributed by atoms with Crippen molar-refractivity contribution in [1.29, 1.82) is 0 Å². The maximum absolute atomic E-state index is 5.98.